The van der Waals surface area contributed by atoms with Crippen LogP contribution >= 0.6 is 22.9 Å². The molecule has 6 nitrogen and oxygen atoms in total. The van der Waals surface area contributed by atoms with Crippen molar-refractivity contribution in [3.8, 4) is 17.6 Å². The Morgan fingerprint density at radius 3 is 2.79 bits per heavy atom. The molecular formula is C26H26ClN3O3S. The highest BCUT2D eigenvalue weighted by molar-refractivity contribution is 7.15. The van der Waals surface area contributed by atoms with Crippen LogP contribution in [-0.2, 0) is 11.2 Å². The average molecular weight is 496 g/mol. The molecule has 3 rings (SSSR count). The van der Waals surface area contributed by atoms with Gasteiger partial charge in [0.2, 0.25) is 0 Å². The fourth-order valence-corrected chi connectivity index (χ4v) is 4.14. The molecule has 2 aromatic carbocycles. The predicted octanol–water partition coefficient (Wildman–Crippen LogP) is 6.43. The van der Waals surface area contributed by atoms with E-state index < -0.39 is 5.91 Å². The Hall–Kier alpha value is -3.34. The maximum Gasteiger partial charge on any atom is 0.268 e. The molecule has 8 heteroatoms. The lowest BCUT2D eigenvalue weighted by atomic mass is 10.1. The SMILES string of the molecule is CCCCOc1ccc(/C=C(\C#N)C(=O)Nc2ncc(Cc3ccc(C)c(Cl)c3)s2)cc1OC. The van der Waals surface area contributed by atoms with Gasteiger partial charge in [-0.25, -0.2) is 4.98 Å². The molecule has 0 bridgehead atoms. The fourth-order valence-electron chi connectivity index (χ4n) is 3.09. The summed E-state index contributed by atoms with van der Waals surface area (Å²) in [5.74, 6) is 0.647. The number of carbonyl (C=O) groups is 1. The molecule has 1 N–H and O–H groups in total. The Morgan fingerprint density at radius 2 is 2.09 bits per heavy atom. The molecule has 3 aromatic rings. The summed E-state index contributed by atoms with van der Waals surface area (Å²) in [5.41, 5.74) is 2.70. The summed E-state index contributed by atoms with van der Waals surface area (Å²) in [6.07, 6.45) is 5.86. The molecular weight excluding hydrogens is 470 g/mol. The number of benzene rings is 2. The number of aromatic nitrogens is 1. The minimum atomic E-state index is -0.524. The third kappa shape index (κ3) is 6.83. The lowest BCUT2D eigenvalue weighted by Crippen LogP contribution is -2.13. The van der Waals surface area contributed by atoms with Gasteiger partial charge >= 0.3 is 0 Å². The normalized spacial score (nSPS) is 11.1. The molecule has 0 aliphatic heterocycles. The highest BCUT2D eigenvalue weighted by atomic mass is 35.5. The standard InChI is InChI=1S/C26H26ClN3O3S/c1-4-5-10-33-23-9-8-18(14-24(23)32-3)11-20(15-28)25(31)30-26-29-16-21(34-26)12-19-7-6-17(2)22(27)13-19/h6-9,11,13-14,16H,4-5,10,12H2,1-3H3,(H,29,30,31)/b20-11+. The first kappa shape index (κ1) is 25.3. The molecule has 0 unspecified atom stereocenters. The van der Waals surface area contributed by atoms with Gasteiger partial charge in [-0.2, -0.15) is 5.26 Å². The summed E-state index contributed by atoms with van der Waals surface area (Å²) in [6, 6.07) is 13.2. The zero-order chi connectivity index (χ0) is 24.5. The second-order valence-corrected chi connectivity index (χ2v) is 9.15. The Labute approximate surface area is 208 Å². The topological polar surface area (TPSA) is 84.2 Å². The Bertz CT molecular complexity index is 1230. The molecule has 1 heterocycles. The largest absolute Gasteiger partial charge is 0.493 e. The van der Waals surface area contributed by atoms with Crippen molar-refractivity contribution in [1.29, 1.82) is 5.26 Å². The molecule has 0 saturated heterocycles. The van der Waals surface area contributed by atoms with Crippen LogP contribution in [0.3, 0.4) is 0 Å². The quantitative estimate of drug-likeness (QED) is 0.199. The van der Waals surface area contributed by atoms with Crippen LogP contribution in [0.2, 0.25) is 5.02 Å². The Kier molecular flexibility index (Phi) is 9.08. The van der Waals surface area contributed by atoms with Crippen molar-refractivity contribution in [1.82, 2.24) is 4.98 Å². The summed E-state index contributed by atoms with van der Waals surface area (Å²) < 4.78 is 11.1. The number of nitrogens with zero attached hydrogens (tertiary/aromatic N) is 2. The van der Waals surface area contributed by atoms with Gasteiger partial charge < -0.3 is 9.47 Å². The van der Waals surface area contributed by atoms with Gasteiger partial charge in [0.15, 0.2) is 16.6 Å². The molecule has 0 atom stereocenters. The number of halogens is 1. The van der Waals surface area contributed by atoms with Gasteiger partial charge in [0.25, 0.3) is 5.91 Å². The van der Waals surface area contributed by atoms with Crippen molar-refractivity contribution in [2.45, 2.75) is 33.1 Å². The van der Waals surface area contributed by atoms with E-state index in [0.717, 1.165) is 33.9 Å². The van der Waals surface area contributed by atoms with Gasteiger partial charge in [0.05, 0.1) is 13.7 Å². The minimum absolute atomic E-state index is 0.0382. The summed E-state index contributed by atoms with van der Waals surface area (Å²) in [7, 11) is 1.55. The summed E-state index contributed by atoms with van der Waals surface area (Å²) >= 11 is 7.56. The molecule has 0 radical (unpaired) electrons. The van der Waals surface area contributed by atoms with Crippen LogP contribution in [0.5, 0.6) is 11.5 Å². The predicted molar refractivity (Wildman–Crippen MR) is 137 cm³/mol. The van der Waals surface area contributed by atoms with E-state index in [1.54, 1.807) is 31.5 Å². The number of thiazole rings is 1. The monoisotopic (exact) mass is 495 g/mol. The van der Waals surface area contributed by atoms with E-state index >= 15 is 0 Å². The smallest absolute Gasteiger partial charge is 0.268 e. The van der Waals surface area contributed by atoms with E-state index in [4.69, 9.17) is 21.1 Å². The van der Waals surface area contributed by atoms with Gasteiger partial charge in [0, 0.05) is 22.5 Å². The van der Waals surface area contributed by atoms with Crippen LogP contribution in [-0.4, -0.2) is 24.6 Å². The number of hydrogen-bond donors (Lipinski definition) is 1. The zero-order valence-electron chi connectivity index (χ0n) is 19.4. The number of nitriles is 1. The van der Waals surface area contributed by atoms with Crippen LogP contribution in [0.25, 0.3) is 6.08 Å². The molecule has 34 heavy (non-hydrogen) atoms. The maximum absolute atomic E-state index is 12.7. The molecule has 0 aliphatic rings. The van der Waals surface area contributed by atoms with E-state index in [-0.39, 0.29) is 5.57 Å². The second-order valence-electron chi connectivity index (χ2n) is 7.63. The van der Waals surface area contributed by atoms with Gasteiger partial charge in [-0.1, -0.05) is 43.1 Å². The number of nitrogens with one attached hydrogen (secondary N) is 1. The molecule has 1 amide bonds. The summed E-state index contributed by atoms with van der Waals surface area (Å²) in [5, 5.41) is 13.4. The highest BCUT2D eigenvalue weighted by Crippen LogP contribution is 2.29. The van der Waals surface area contributed by atoms with Crippen LogP contribution in [0.1, 0.15) is 41.3 Å². The van der Waals surface area contributed by atoms with Crippen molar-refractivity contribution in [2.75, 3.05) is 19.0 Å². The number of hydrogen-bond acceptors (Lipinski definition) is 6. The maximum atomic E-state index is 12.7. The van der Waals surface area contributed by atoms with Crippen molar-refractivity contribution < 1.29 is 14.3 Å². The van der Waals surface area contributed by atoms with Gasteiger partial charge in [-0.3, -0.25) is 10.1 Å². The molecule has 176 valence electrons. The van der Waals surface area contributed by atoms with Crippen LogP contribution < -0.4 is 14.8 Å². The lowest BCUT2D eigenvalue weighted by molar-refractivity contribution is -0.112. The van der Waals surface area contributed by atoms with Crippen molar-refractivity contribution in [2.24, 2.45) is 0 Å². The van der Waals surface area contributed by atoms with Crippen molar-refractivity contribution >= 4 is 40.1 Å². The van der Waals surface area contributed by atoms with E-state index in [1.165, 1.54) is 17.4 Å². The lowest BCUT2D eigenvalue weighted by Gasteiger charge is -2.11. The third-order valence-corrected chi connectivity index (χ3v) is 6.33. The number of methoxy groups -OCH3 is 1. The first-order valence-corrected chi connectivity index (χ1v) is 12.1. The number of aryl methyl sites for hydroxylation is 1. The zero-order valence-corrected chi connectivity index (χ0v) is 20.9. The first-order chi connectivity index (χ1) is 16.4. The van der Waals surface area contributed by atoms with E-state index in [0.29, 0.717) is 35.2 Å². The number of anilines is 1. The van der Waals surface area contributed by atoms with Crippen LogP contribution in [0.4, 0.5) is 5.13 Å². The number of ether oxygens (including phenoxy) is 2. The molecule has 0 saturated carbocycles. The third-order valence-electron chi connectivity index (χ3n) is 5.01. The van der Waals surface area contributed by atoms with Crippen LogP contribution in [0.15, 0.2) is 48.2 Å². The van der Waals surface area contributed by atoms with E-state index in [9.17, 15) is 10.1 Å². The number of amides is 1. The van der Waals surface area contributed by atoms with E-state index in [2.05, 4.69) is 17.2 Å². The van der Waals surface area contributed by atoms with Crippen molar-refractivity contribution in [3.05, 3.63) is 74.8 Å². The highest BCUT2D eigenvalue weighted by Gasteiger charge is 2.13. The Balaban J connectivity index is 1.69. The summed E-state index contributed by atoms with van der Waals surface area (Å²) in [6.45, 7) is 4.65. The summed E-state index contributed by atoms with van der Waals surface area (Å²) in [4.78, 5) is 17.9. The number of rotatable bonds is 10. The Morgan fingerprint density at radius 1 is 1.26 bits per heavy atom. The average Bonchev–Trinajstić information content (AvgIpc) is 3.27. The fraction of sp³-hybridized carbons (Fsp3) is 0.269. The van der Waals surface area contributed by atoms with Gasteiger partial charge in [0.1, 0.15) is 11.6 Å². The second kappa shape index (κ2) is 12.2. The molecule has 0 fully saturated rings. The minimum Gasteiger partial charge on any atom is -0.493 e. The number of unbranched alkanes of at least 4 members (excludes halogenated alkanes) is 1. The number of carbonyl (C=O) groups excluding carboxylic acids is 1. The van der Waals surface area contributed by atoms with Crippen LogP contribution in [0, 0.1) is 18.3 Å². The van der Waals surface area contributed by atoms with Crippen molar-refractivity contribution in [3.63, 3.8) is 0 Å². The molecule has 1 aromatic heterocycles. The molecule has 0 spiro atoms. The van der Waals surface area contributed by atoms with E-state index in [1.807, 2.05) is 31.2 Å². The van der Waals surface area contributed by atoms with Gasteiger partial charge in [-0.15, -0.1) is 11.3 Å². The first-order valence-electron chi connectivity index (χ1n) is 10.9. The molecule has 0 aliphatic carbocycles. The van der Waals surface area contributed by atoms with Gasteiger partial charge in [-0.05, 0) is 54.3 Å².